The predicted molar refractivity (Wildman–Crippen MR) is 112 cm³/mol. The predicted octanol–water partition coefficient (Wildman–Crippen LogP) is 4.69. The van der Waals surface area contributed by atoms with Crippen LogP contribution >= 0.6 is 0 Å². The maximum absolute atomic E-state index is 13.1. The molecular formula is C23H25NO3S. The van der Waals surface area contributed by atoms with E-state index in [4.69, 9.17) is 4.74 Å². The Morgan fingerprint density at radius 1 is 0.964 bits per heavy atom. The summed E-state index contributed by atoms with van der Waals surface area (Å²) in [6, 6.07) is 21.5. The van der Waals surface area contributed by atoms with Gasteiger partial charge in [-0.2, -0.15) is 4.31 Å². The van der Waals surface area contributed by atoms with Crippen molar-refractivity contribution < 1.29 is 13.2 Å². The number of ether oxygens (including phenoxy) is 1. The molecule has 0 N–H and O–H groups in total. The Morgan fingerprint density at radius 2 is 1.68 bits per heavy atom. The highest BCUT2D eigenvalue weighted by Crippen LogP contribution is 2.33. The molecule has 0 radical (unpaired) electrons. The van der Waals surface area contributed by atoms with Crippen LogP contribution in [0.1, 0.15) is 30.6 Å². The van der Waals surface area contributed by atoms with Gasteiger partial charge in [0.05, 0.1) is 17.1 Å². The van der Waals surface area contributed by atoms with Crippen molar-refractivity contribution in [1.29, 1.82) is 0 Å². The van der Waals surface area contributed by atoms with Crippen LogP contribution in [0.5, 0.6) is 0 Å². The normalized spacial score (nSPS) is 21.5. The molecule has 5 heteroatoms. The smallest absolute Gasteiger partial charge is 0.243 e. The zero-order chi connectivity index (χ0) is 19.7. The Bertz CT molecular complexity index is 1070. The zero-order valence-electron chi connectivity index (χ0n) is 16.2. The van der Waals surface area contributed by atoms with Gasteiger partial charge in [-0.3, -0.25) is 0 Å². The molecule has 1 heterocycles. The van der Waals surface area contributed by atoms with Gasteiger partial charge < -0.3 is 4.74 Å². The molecule has 4 nitrogen and oxygen atoms in total. The molecule has 2 atom stereocenters. The van der Waals surface area contributed by atoms with Crippen molar-refractivity contribution in [1.82, 2.24) is 4.31 Å². The minimum absolute atomic E-state index is 0.126. The van der Waals surface area contributed by atoms with Gasteiger partial charge in [0, 0.05) is 13.1 Å². The van der Waals surface area contributed by atoms with Crippen LogP contribution in [-0.2, 0) is 14.8 Å². The third-order valence-electron chi connectivity index (χ3n) is 5.33. The van der Waals surface area contributed by atoms with Gasteiger partial charge in [0.15, 0.2) is 0 Å². The lowest BCUT2D eigenvalue weighted by atomic mass is 9.98. The number of rotatable bonds is 3. The van der Waals surface area contributed by atoms with E-state index in [9.17, 15) is 8.42 Å². The van der Waals surface area contributed by atoms with Crippen LogP contribution in [0.15, 0.2) is 71.6 Å². The molecule has 0 bridgehead atoms. The van der Waals surface area contributed by atoms with Crippen molar-refractivity contribution >= 4 is 20.8 Å². The van der Waals surface area contributed by atoms with E-state index >= 15 is 0 Å². The first kappa shape index (κ1) is 19.1. The molecule has 0 amide bonds. The summed E-state index contributed by atoms with van der Waals surface area (Å²) < 4.78 is 34.1. The fourth-order valence-corrected chi connectivity index (χ4v) is 5.40. The van der Waals surface area contributed by atoms with Gasteiger partial charge in [0.1, 0.15) is 0 Å². The summed E-state index contributed by atoms with van der Waals surface area (Å²) in [5.74, 6) is 0. The minimum atomic E-state index is -3.53. The van der Waals surface area contributed by atoms with Crippen molar-refractivity contribution in [2.75, 3.05) is 13.1 Å². The van der Waals surface area contributed by atoms with Crippen LogP contribution in [0.3, 0.4) is 0 Å². The molecule has 1 aliphatic heterocycles. The van der Waals surface area contributed by atoms with Gasteiger partial charge in [0.2, 0.25) is 10.0 Å². The van der Waals surface area contributed by atoms with Crippen molar-refractivity contribution in [3.63, 3.8) is 0 Å². The monoisotopic (exact) mass is 395 g/mol. The Hall–Kier alpha value is -2.21. The Morgan fingerprint density at radius 3 is 2.46 bits per heavy atom. The second-order valence-electron chi connectivity index (χ2n) is 7.47. The van der Waals surface area contributed by atoms with Gasteiger partial charge in [0.25, 0.3) is 0 Å². The fourth-order valence-electron chi connectivity index (χ4n) is 3.87. The largest absolute Gasteiger partial charge is 0.369 e. The van der Waals surface area contributed by atoms with Crippen LogP contribution in [0.4, 0.5) is 0 Å². The maximum atomic E-state index is 13.1. The molecule has 146 valence electrons. The van der Waals surface area contributed by atoms with Gasteiger partial charge >= 0.3 is 0 Å². The number of benzene rings is 3. The highest BCUT2D eigenvalue weighted by Gasteiger charge is 2.31. The number of nitrogens with zero attached hydrogens (tertiary/aromatic N) is 1. The fraction of sp³-hybridized carbons (Fsp3) is 0.304. The van der Waals surface area contributed by atoms with E-state index in [1.807, 2.05) is 44.2 Å². The standard InChI is InChI=1S/C23H25NO3S/c1-17-10-12-20(13-11-17)28(25,26)24-15-14-23(27-18(2)16-24)22-9-5-7-19-6-3-4-8-21(19)22/h3-13,18,23H,14-16H2,1-2H3/t18-,23-/m1/s1. The van der Waals surface area contributed by atoms with Crippen molar-refractivity contribution in [3.8, 4) is 0 Å². The molecule has 3 aromatic carbocycles. The van der Waals surface area contributed by atoms with Crippen LogP contribution in [0.25, 0.3) is 10.8 Å². The second kappa shape index (κ2) is 7.66. The summed E-state index contributed by atoms with van der Waals surface area (Å²) >= 11 is 0. The molecule has 1 saturated heterocycles. The van der Waals surface area contributed by atoms with Gasteiger partial charge in [-0.25, -0.2) is 8.42 Å². The first-order valence-corrected chi connectivity index (χ1v) is 11.1. The van der Waals surface area contributed by atoms with E-state index in [-0.39, 0.29) is 12.2 Å². The van der Waals surface area contributed by atoms with Crippen molar-refractivity contribution in [3.05, 3.63) is 77.9 Å². The summed E-state index contributed by atoms with van der Waals surface area (Å²) in [7, 11) is -3.53. The average Bonchev–Trinajstić information content (AvgIpc) is 2.90. The lowest BCUT2D eigenvalue weighted by Gasteiger charge is -2.22. The number of sulfonamides is 1. The van der Waals surface area contributed by atoms with Gasteiger partial charge in [-0.1, -0.05) is 60.2 Å². The van der Waals surface area contributed by atoms with Crippen LogP contribution in [-0.4, -0.2) is 31.9 Å². The van der Waals surface area contributed by atoms with Gasteiger partial charge in [-0.05, 0) is 48.7 Å². The third kappa shape index (κ3) is 3.70. The lowest BCUT2D eigenvalue weighted by molar-refractivity contribution is 0.00628. The summed E-state index contributed by atoms with van der Waals surface area (Å²) in [4.78, 5) is 0.342. The van der Waals surface area contributed by atoms with Crippen LogP contribution in [0, 0.1) is 6.92 Å². The van der Waals surface area contributed by atoms with Crippen molar-refractivity contribution in [2.24, 2.45) is 0 Å². The first-order chi connectivity index (χ1) is 13.4. The quantitative estimate of drug-likeness (QED) is 0.646. The molecule has 1 aliphatic rings. The molecule has 4 rings (SSSR count). The number of hydrogen-bond donors (Lipinski definition) is 0. The molecule has 0 spiro atoms. The van der Waals surface area contributed by atoms with Crippen LogP contribution < -0.4 is 0 Å². The molecule has 1 fully saturated rings. The van der Waals surface area contributed by atoms with E-state index < -0.39 is 10.0 Å². The SMILES string of the molecule is Cc1ccc(S(=O)(=O)N2CC[C@H](c3cccc4ccccc34)O[C@H](C)C2)cc1. The Kier molecular flexibility index (Phi) is 5.23. The number of hydrogen-bond acceptors (Lipinski definition) is 3. The van der Waals surface area contributed by atoms with Crippen LogP contribution in [0.2, 0.25) is 0 Å². The average molecular weight is 396 g/mol. The molecule has 0 aliphatic carbocycles. The third-order valence-corrected chi connectivity index (χ3v) is 7.21. The Labute approximate surface area is 166 Å². The van der Waals surface area contributed by atoms with E-state index in [0.29, 0.717) is 24.4 Å². The van der Waals surface area contributed by atoms with E-state index in [1.165, 1.54) is 5.39 Å². The number of fused-ring (bicyclic) bond motifs is 1. The number of aryl methyl sites for hydroxylation is 1. The second-order valence-corrected chi connectivity index (χ2v) is 9.41. The molecule has 0 unspecified atom stereocenters. The van der Waals surface area contributed by atoms with E-state index in [0.717, 1.165) is 16.5 Å². The summed E-state index contributed by atoms with van der Waals surface area (Å²) in [6.45, 7) is 4.69. The van der Waals surface area contributed by atoms with Gasteiger partial charge in [-0.15, -0.1) is 0 Å². The summed E-state index contributed by atoms with van der Waals surface area (Å²) in [5.41, 5.74) is 2.17. The lowest BCUT2D eigenvalue weighted by Crippen LogP contribution is -2.35. The maximum Gasteiger partial charge on any atom is 0.243 e. The molecule has 28 heavy (non-hydrogen) atoms. The van der Waals surface area contributed by atoms with E-state index in [2.05, 4.69) is 24.3 Å². The zero-order valence-corrected chi connectivity index (χ0v) is 17.0. The highest BCUT2D eigenvalue weighted by molar-refractivity contribution is 7.89. The molecule has 0 saturated carbocycles. The highest BCUT2D eigenvalue weighted by atomic mass is 32.2. The summed E-state index contributed by atoms with van der Waals surface area (Å²) in [6.07, 6.45) is 0.315. The topological polar surface area (TPSA) is 46.6 Å². The minimum Gasteiger partial charge on any atom is -0.369 e. The summed E-state index contributed by atoms with van der Waals surface area (Å²) in [5, 5.41) is 2.33. The van der Waals surface area contributed by atoms with E-state index in [1.54, 1.807) is 16.4 Å². The molecular weight excluding hydrogens is 370 g/mol. The molecule has 3 aromatic rings. The first-order valence-electron chi connectivity index (χ1n) is 9.65. The molecule has 0 aromatic heterocycles. The Balaban J connectivity index is 1.62. The van der Waals surface area contributed by atoms with Crippen molar-refractivity contribution in [2.45, 2.75) is 37.4 Å².